The molecule has 2 aromatic carbocycles. The van der Waals surface area contributed by atoms with Crippen LogP contribution in [0.25, 0.3) is 0 Å². The minimum atomic E-state index is -0.659. The second-order valence-electron chi connectivity index (χ2n) is 6.53. The third-order valence-corrected chi connectivity index (χ3v) is 4.42. The molecule has 0 saturated carbocycles. The number of amides is 3. The summed E-state index contributed by atoms with van der Waals surface area (Å²) in [7, 11) is 0. The molecule has 0 spiro atoms. The fraction of sp³-hybridized carbons (Fsp3) is 0.286. The minimum Gasteiger partial charge on any atom is -0.369 e. The highest BCUT2D eigenvalue weighted by atomic mass is 16.2. The number of primary amides is 1. The van der Waals surface area contributed by atoms with Gasteiger partial charge in [0.1, 0.15) is 6.04 Å². The van der Waals surface area contributed by atoms with Crippen LogP contribution in [0.15, 0.2) is 54.6 Å². The zero-order valence-corrected chi connectivity index (χ0v) is 15.6. The van der Waals surface area contributed by atoms with Crippen molar-refractivity contribution in [3.8, 4) is 0 Å². The van der Waals surface area contributed by atoms with Crippen molar-refractivity contribution in [2.45, 2.75) is 32.7 Å². The van der Waals surface area contributed by atoms with Crippen molar-refractivity contribution in [3.05, 3.63) is 65.7 Å². The SMILES string of the molecule is CCC(C)C(NC(=O)c1ccccc1)C(=O)Nc1ccc(CC(N)=O)cc1. The van der Waals surface area contributed by atoms with Crippen LogP contribution < -0.4 is 16.4 Å². The molecule has 2 unspecified atom stereocenters. The predicted octanol–water partition coefficient (Wildman–Crippen LogP) is 2.50. The highest BCUT2D eigenvalue weighted by Gasteiger charge is 2.26. The summed E-state index contributed by atoms with van der Waals surface area (Å²) in [5, 5.41) is 5.65. The van der Waals surface area contributed by atoms with Gasteiger partial charge in [0.2, 0.25) is 11.8 Å². The predicted molar refractivity (Wildman–Crippen MR) is 105 cm³/mol. The van der Waals surface area contributed by atoms with Crippen LogP contribution in [0, 0.1) is 5.92 Å². The number of nitrogens with one attached hydrogen (secondary N) is 2. The number of rotatable bonds is 8. The Hall–Kier alpha value is -3.15. The first-order valence-corrected chi connectivity index (χ1v) is 8.94. The van der Waals surface area contributed by atoms with E-state index in [-0.39, 0.29) is 24.2 Å². The van der Waals surface area contributed by atoms with E-state index in [0.29, 0.717) is 11.3 Å². The fourth-order valence-electron chi connectivity index (χ4n) is 2.64. The lowest BCUT2D eigenvalue weighted by atomic mass is 9.97. The first-order valence-electron chi connectivity index (χ1n) is 8.94. The standard InChI is InChI=1S/C21H25N3O3/c1-3-14(2)19(24-20(26)16-7-5-4-6-8-16)21(27)23-17-11-9-15(10-12-17)13-18(22)25/h4-12,14,19H,3,13H2,1-2H3,(H2,22,25)(H,23,27)(H,24,26). The number of nitrogens with two attached hydrogens (primary N) is 1. The maximum atomic E-state index is 12.7. The van der Waals surface area contributed by atoms with Crippen LogP contribution in [0.5, 0.6) is 0 Å². The Balaban J connectivity index is 2.08. The Kier molecular flexibility index (Phi) is 7.11. The van der Waals surface area contributed by atoms with Gasteiger partial charge in [0.15, 0.2) is 0 Å². The van der Waals surface area contributed by atoms with Gasteiger partial charge in [-0.25, -0.2) is 0 Å². The van der Waals surface area contributed by atoms with Gasteiger partial charge >= 0.3 is 0 Å². The van der Waals surface area contributed by atoms with Crippen molar-refractivity contribution in [1.29, 1.82) is 0 Å². The molecule has 0 fully saturated rings. The average Bonchev–Trinajstić information content (AvgIpc) is 2.67. The molecule has 27 heavy (non-hydrogen) atoms. The van der Waals surface area contributed by atoms with Crippen molar-refractivity contribution in [2.24, 2.45) is 11.7 Å². The molecular weight excluding hydrogens is 342 g/mol. The van der Waals surface area contributed by atoms with E-state index >= 15 is 0 Å². The van der Waals surface area contributed by atoms with Crippen LogP contribution >= 0.6 is 0 Å². The molecule has 0 saturated heterocycles. The number of hydrogen-bond donors (Lipinski definition) is 3. The first kappa shape index (κ1) is 20.2. The van der Waals surface area contributed by atoms with Crippen molar-refractivity contribution >= 4 is 23.4 Å². The van der Waals surface area contributed by atoms with Crippen LogP contribution in [-0.2, 0) is 16.0 Å². The second kappa shape index (κ2) is 9.52. The molecule has 3 amide bonds. The second-order valence-corrected chi connectivity index (χ2v) is 6.53. The van der Waals surface area contributed by atoms with Gasteiger partial charge in [-0.15, -0.1) is 0 Å². The van der Waals surface area contributed by atoms with E-state index in [1.807, 2.05) is 19.9 Å². The van der Waals surface area contributed by atoms with Gasteiger partial charge in [-0.05, 0) is 35.7 Å². The molecule has 2 atom stereocenters. The van der Waals surface area contributed by atoms with Crippen molar-refractivity contribution < 1.29 is 14.4 Å². The molecule has 0 aromatic heterocycles. The molecule has 2 aromatic rings. The van der Waals surface area contributed by atoms with E-state index in [4.69, 9.17) is 5.73 Å². The molecule has 6 nitrogen and oxygen atoms in total. The summed E-state index contributed by atoms with van der Waals surface area (Å²) >= 11 is 0. The molecule has 2 rings (SSSR count). The molecular formula is C21H25N3O3. The maximum absolute atomic E-state index is 12.7. The number of anilines is 1. The molecule has 0 bridgehead atoms. The topological polar surface area (TPSA) is 101 Å². The number of benzene rings is 2. The number of carbonyl (C=O) groups excluding carboxylic acids is 3. The van der Waals surface area contributed by atoms with E-state index in [2.05, 4.69) is 10.6 Å². The molecule has 142 valence electrons. The summed E-state index contributed by atoms with van der Waals surface area (Å²) in [5.74, 6) is -1.01. The van der Waals surface area contributed by atoms with Crippen molar-refractivity contribution in [3.63, 3.8) is 0 Å². The molecule has 0 heterocycles. The Morgan fingerprint density at radius 3 is 2.19 bits per heavy atom. The highest BCUT2D eigenvalue weighted by molar-refractivity contribution is 6.01. The summed E-state index contributed by atoms with van der Waals surface area (Å²) in [6.07, 6.45) is 0.890. The van der Waals surface area contributed by atoms with Gasteiger partial charge < -0.3 is 16.4 Å². The number of hydrogen-bond acceptors (Lipinski definition) is 3. The Labute approximate surface area is 159 Å². The van der Waals surface area contributed by atoms with Crippen LogP contribution in [0.2, 0.25) is 0 Å². The zero-order chi connectivity index (χ0) is 19.8. The van der Waals surface area contributed by atoms with Gasteiger partial charge in [-0.1, -0.05) is 50.6 Å². The summed E-state index contributed by atoms with van der Waals surface area (Å²) in [4.78, 5) is 36.1. The van der Waals surface area contributed by atoms with E-state index in [0.717, 1.165) is 12.0 Å². The molecule has 4 N–H and O–H groups in total. The Morgan fingerprint density at radius 2 is 1.63 bits per heavy atom. The molecule has 0 aliphatic carbocycles. The average molecular weight is 367 g/mol. The summed E-state index contributed by atoms with van der Waals surface area (Å²) < 4.78 is 0. The van der Waals surface area contributed by atoms with Gasteiger partial charge in [-0.2, -0.15) is 0 Å². The highest BCUT2D eigenvalue weighted by Crippen LogP contribution is 2.14. The quantitative estimate of drug-likeness (QED) is 0.668. The van der Waals surface area contributed by atoms with E-state index < -0.39 is 11.9 Å². The normalized spacial score (nSPS) is 12.7. The third kappa shape index (κ3) is 5.95. The Morgan fingerprint density at radius 1 is 1.00 bits per heavy atom. The van der Waals surface area contributed by atoms with Crippen LogP contribution in [0.3, 0.4) is 0 Å². The van der Waals surface area contributed by atoms with Crippen LogP contribution in [0.1, 0.15) is 36.2 Å². The van der Waals surface area contributed by atoms with Crippen LogP contribution in [-0.4, -0.2) is 23.8 Å². The van der Waals surface area contributed by atoms with E-state index in [1.165, 1.54) is 0 Å². The van der Waals surface area contributed by atoms with Crippen molar-refractivity contribution in [1.82, 2.24) is 5.32 Å². The van der Waals surface area contributed by atoms with E-state index in [1.54, 1.807) is 48.5 Å². The molecule has 6 heteroatoms. The summed E-state index contributed by atoms with van der Waals surface area (Å²) in [5.41, 5.74) is 7.05. The van der Waals surface area contributed by atoms with Gasteiger partial charge in [0, 0.05) is 11.3 Å². The molecule has 0 aliphatic heterocycles. The minimum absolute atomic E-state index is 0.0354. The van der Waals surface area contributed by atoms with Gasteiger partial charge in [-0.3, -0.25) is 14.4 Å². The van der Waals surface area contributed by atoms with Crippen molar-refractivity contribution in [2.75, 3.05) is 5.32 Å². The van der Waals surface area contributed by atoms with Crippen LogP contribution in [0.4, 0.5) is 5.69 Å². The molecule has 0 radical (unpaired) electrons. The number of carbonyl (C=O) groups is 3. The largest absolute Gasteiger partial charge is 0.369 e. The van der Waals surface area contributed by atoms with E-state index in [9.17, 15) is 14.4 Å². The lowest BCUT2D eigenvalue weighted by Crippen LogP contribution is -2.47. The summed E-state index contributed by atoms with van der Waals surface area (Å²) in [6.45, 7) is 3.89. The third-order valence-electron chi connectivity index (χ3n) is 4.42. The summed E-state index contributed by atoms with van der Waals surface area (Å²) in [6, 6.07) is 15.0. The lowest BCUT2D eigenvalue weighted by molar-refractivity contribution is -0.119. The smallest absolute Gasteiger partial charge is 0.251 e. The lowest BCUT2D eigenvalue weighted by Gasteiger charge is -2.23. The molecule has 0 aliphatic rings. The maximum Gasteiger partial charge on any atom is 0.251 e. The first-order chi connectivity index (χ1) is 12.9. The van der Waals surface area contributed by atoms with Gasteiger partial charge in [0.25, 0.3) is 5.91 Å². The fourth-order valence-corrected chi connectivity index (χ4v) is 2.64. The zero-order valence-electron chi connectivity index (χ0n) is 15.6. The van der Waals surface area contributed by atoms with Gasteiger partial charge in [0.05, 0.1) is 6.42 Å². The monoisotopic (exact) mass is 367 g/mol. The Bertz CT molecular complexity index is 788.